The molecular formula is C16H21N3O2. The van der Waals surface area contributed by atoms with Gasteiger partial charge in [-0.1, -0.05) is 30.3 Å². The summed E-state index contributed by atoms with van der Waals surface area (Å²) in [5.41, 5.74) is 6.61. The average Bonchev–Trinajstić information content (AvgIpc) is 3.06. The van der Waals surface area contributed by atoms with Crippen LogP contribution in [0, 0.1) is 5.92 Å². The summed E-state index contributed by atoms with van der Waals surface area (Å²) in [5.74, 6) is -0.587. The Morgan fingerprint density at radius 2 is 2.00 bits per heavy atom. The van der Waals surface area contributed by atoms with Crippen LogP contribution in [0.1, 0.15) is 18.4 Å². The number of nitrogens with two attached hydrogens (primary N) is 1. The first kappa shape index (κ1) is 14.1. The molecule has 0 spiro atoms. The van der Waals surface area contributed by atoms with Crippen molar-refractivity contribution in [3.63, 3.8) is 0 Å². The molecule has 2 N–H and O–H groups in total. The lowest BCUT2D eigenvalue weighted by atomic mass is 10.1. The maximum atomic E-state index is 12.0. The van der Waals surface area contributed by atoms with Crippen molar-refractivity contribution in [1.29, 1.82) is 0 Å². The summed E-state index contributed by atoms with van der Waals surface area (Å²) in [7, 11) is 0. The third-order valence-corrected chi connectivity index (χ3v) is 4.50. The van der Waals surface area contributed by atoms with Crippen LogP contribution in [0.5, 0.6) is 0 Å². The fourth-order valence-corrected chi connectivity index (χ4v) is 3.33. The molecule has 0 saturated carbocycles. The van der Waals surface area contributed by atoms with Gasteiger partial charge in [0, 0.05) is 38.6 Å². The number of rotatable bonds is 4. The normalized spacial score (nSPS) is 26.5. The van der Waals surface area contributed by atoms with E-state index in [9.17, 15) is 9.59 Å². The minimum Gasteiger partial charge on any atom is -0.369 e. The molecule has 2 fully saturated rings. The van der Waals surface area contributed by atoms with Gasteiger partial charge in [0.2, 0.25) is 11.8 Å². The average molecular weight is 287 g/mol. The fraction of sp³-hybridized carbons (Fsp3) is 0.500. The van der Waals surface area contributed by atoms with E-state index in [1.807, 2.05) is 23.1 Å². The summed E-state index contributed by atoms with van der Waals surface area (Å²) < 4.78 is 0. The van der Waals surface area contributed by atoms with Gasteiger partial charge in [0.25, 0.3) is 0 Å². The lowest BCUT2D eigenvalue weighted by molar-refractivity contribution is -0.129. The number of primary amides is 1. The fourth-order valence-electron chi connectivity index (χ4n) is 3.33. The third-order valence-electron chi connectivity index (χ3n) is 4.50. The summed E-state index contributed by atoms with van der Waals surface area (Å²) in [6.07, 6.45) is 1.26. The molecule has 2 saturated heterocycles. The van der Waals surface area contributed by atoms with Crippen molar-refractivity contribution in [3.8, 4) is 0 Å². The number of likely N-dealkylation sites (tertiary alicyclic amines) is 2. The zero-order valence-electron chi connectivity index (χ0n) is 12.1. The number of amides is 2. The Kier molecular flexibility index (Phi) is 3.92. The molecule has 0 aromatic heterocycles. The molecule has 0 aliphatic carbocycles. The lowest BCUT2D eigenvalue weighted by Crippen LogP contribution is -2.39. The molecule has 21 heavy (non-hydrogen) atoms. The van der Waals surface area contributed by atoms with Gasteiger partial charge in [-0.15, -0.1) is 0 Å². The van der Waals surface area contributed by atoms with E-state index in [1.165, 1.54) is 5.56 Å². The Hall–Kier alpha value is -1.88. The largest absolute Gasteiger partial charge is 0.369 e. The molecule has 1 aromatic carbocycles. The second-order valence-electron chi connectivity index (χ2n) is 6.01. The van der Waals surface area contributed by atoms with E-state index in [4.69, 9.17) is 5.73 Å². The minimum atomic E-state index is -0.356. The van der Waals surface area contributed by atoms with Gasteiger partial charge in [-0.05, 0) is 12.0 Å². The highest BCUT2D eigenvalue weighted by Crippen LogP contribution is 2.25. The van der Waals surface area contributed by atoms with E-state index in [0.29, 0.717) is 6.54 Å². The van der Waals surface area contributed by atoms with Crippen LogP contribution in [0.15, 0.2) is 30.3 Å². The van der Waals surface area contributed by atoms with Crippen molar-refractivity contribution < 1.29 is 9.59 Å². The molecule has 1 aromatic rings. The molecule has 2 aliphatic rings. The predicted octanol–water partition coefficient (Wildman–Crippen LogP) is 0.595. The van der Waals surface area contributed by atoms with Crippen molar-refractivity contribution in [1.82, 2.24) is 9.80 Å². The zero-order valence-corrected chi connectivity index (χ0v) is 12.1. The monoisotopic (exact) mass is 287 g/mol. The number of carbonyl (C=O) groups excluding carboxylic acids is 2. The van der Waals surface area contributed by atoms with E-state index >= 15 is 0 Å². The highest BCUT2D eigenvalue weighted by atomic mass is 16.2. The summed E-state index contributed by atoms with van der Waals surface area (Å²) in [6.45, 7) is 3.29. The van der Waals surface area contributed by atoms with E-state index in [-0.39, 0.29) is 30.2 Å². The molecule has 2 atom stereocenters. The van der Waals surface area contributed by atoms with Gasteiger partial charge in [0.05, 0.1) is 5.92 Å². The summed E-state index contributed by atoms with van der Waals surface area (Å²) in [6, 6.07) is 10.6. The molecule has 2 heterocycles. The molecule has 3 rings (SSSR count). The lowest BCUT2D eigenvalue weighted by Gasteiger charge is -2.24. The van der Waals surface area contributed by atoms with Crippen molar-refractivity contribution in [2.75, 3.05) is 19.6 Å². The van der Waals surface area contributed by atoms with E-state index in [1.54, 1.807) is 0 Å². The Labute approximate surface area is 124 Å². The van der Waals surface area contributed by atoms with Gasteiger partial charge < -0.3 is 10.6 Å². The van der Waals surface area contributed by atoms with Crippen molar-refractivity contribution >= 4 is 11.8 Å². The van der Waals surface area contributed by atoms with Crippen LogP contribution in [0.3, 0.4) is 0 Å². The number of nitrogens with zero attached hydrogens (tertiary/aromatic N) is 2. The first-order valence-corrected chi connectivity index (χ1v) is 7.48. The summed E-state index contributed by atoms with van der Waals surface area (Å²) >= 11 is 0. The van der Waals surface area contributed by atoms with Crippen LogP contribution < -0.4 is 5.73 Å². The van der Waals surface area contributed by atoms with Gasteiger partial charge in [-0.2, -0.15) is 0 Å². The molecule has 5 nitrogen and oxygen atoms in total. The number of hydrogen-bond acceptors (Lipinski definition) is 3. The van der Waals surface area contributed by atoms with Gasteiger partial charge >= 0.3 is 0 Å². The van der Waals surface area contributed by atoms with Crippen LogP contribution in [0.2, 0.25) is 0 Å². The van der Waals surface area contributed by atoms with Crippen LogP contribution in [-0.2, 0) is 16.1 Å². The minimum absolute atomic E-state index is 0.0744. The first-order valence-electron chi connectivity index (χ1n) is 7.48. The summed E-state index contributed by atoms with van der Waals surface area (Å²) in [4.78, 5) is 27.5. The predicted molar refractivity (Wildman–Crippen MR) is 79.1 cm³/mol. The van der Waals surface area contributed by atoms with Crippen LogP contribution in [-0.4, -0.2) is 47.3 Å². The van der Waals surface area contributed by atoms with E-state index in [0.717, 1.165) is 26.1 Å². The van der Waals surface area contributed by atoms with Gasteiger partial charge in [0.1, 0.15) is 0 Å². The maximum Gasteiger partial charge on any atom is 0.223 e. The molecule has 0 bridgehead atoms. The van der Waals surface area contributed by atoms with Gasteiger partial charge in [-0.3, -0.25) is 14.5 Å². The molecular weight excluding hydrogens is 266 g/mol. The number of hydrogen-bond donors (Lipinski definition) is 1. The number of carbonyl (C=O) groups is 2. The van der Waals surface area contributed by atoms with Crippen molar-refractivity contribution in [2.24, 2.45) is 11.7 Å². The molecule has 2 amide bonds. The molecule has 2 unspecified atom stereocenters. The Morgan fingerprint density at radius 1 is 1.24 bits per heavy atom. The standard InChI is InChI=1S/C16H21N3O2/c17-16(21)13-8-15(20)19(10-13)14-6-7-18(11-14)9-12-4-2-1-3-5-12/h1-5,13-14H,6-11H2,(H2,17,21). The quantitative estimate of drug-likeness (QED) is 0.881. The Morgan fingerprint density at radius 3 is 2.67 bits per heavy atom. The Balaban J connectivity index is 1.57. The van der Waals surface area contributed by atoms with Gasteiger partial charge in [0.15, 0.2) is 0 Å². The topological polar surface area (TPSA) is 66.6 Å². The molecule has 0 radical (unpaired) electrons. The molecule has 112 valence electrons. The first-order chi connectivity index (χ1) is 10.1. The molecule has 2 aliphatic heterocycles. The van der Waals surface area contributed by atoms with Crippen LogP contribution >= 0.6 is 0 Å². The highest BCUT2D eigenvalue weighted by Gasteiger charge is 2.39. The van der Waals surface area contributed by atoms with E-state index < -0.39 is 0 Å². The van der Waals surface area contributed by atoms with Crippen LogP contribution in [0.25, 0.3) is 0 Å². The van der Waals surface area contributed by atoms with E-state index in [2.05, 4.69) is 17.0 Å². The Bertz CT molecular complexity index is 532. The van der Waals surface area contributed by atoms with Gasteiger partial charge in [-0.25, -0.2) is 0 Å². The third kappa shape index (κ3) is 3.08. The number of benzene rings is 1. The SMILES string of the molecule is NC(=O)C1CC(=O)N(C2CCN(Cc3ccccc3)C2)C1. The van der Waals surface area contributed by atoms with Crippen molar-refractivity contribution in [3.05, 3.63) is 35.9 Å². The molecule has 5 heteroatoms. The van der Waals surface area contributed by atoms with Crippen molar-refractivity contribution in [2.45, 2.75) is 25.4 Å². The zero-order chi connectivity index (χ0) is 14.8. The second-order valence-corrected chi connectivity index (χ2v) is 6.01. The maximum absolute atomic E-state index is 12.0. The summed E-state index contributed by atoms with van der Waals surface area (Å²) in [5, 5.41) is 0. The highest BCUT2D eigenvalue weighted by molar-refractivity contribution is 5.88. The smallest absolute Gasteiger partial charge is 0.223 e. The van der Waals surface area contributed by atoms with Crippen LogP contribution in [0.4, 0.5) is 0 Å². The second kappa shape index (κ2) is 5.85.